The van der Waals surface area contributed by atoms with Crippen LogP contribution in [0.5, 0.6) is 0 Å². The third-order valence-electron chi connectivity index (χ3n) is 2.89. The van der Waals surface area contributed by atoms with Crippen LogP contribution in [0.25, 0.3) is 0 Å². The Kier molecular flexibility index (Phi) is 3.74. The largest absolute Gasteiger partial charge is 0.308 e. The molecule has 2 rings (SSSR count). The topological polar surface area (TPSA) is 54.2 Å². The Morgan fingerprint density at radius 2 is 2.31 bits per heavy atom. The summed E-state index contributed by atoms with van der Waals surface area (Å²) in [6.45, 7) is 4.32. The molecule has 4 heteroatoms. The van der Waals surface area contributed by atoms with Gasteiger partial charge in [0.25, 0.3) is 0 Å². The van der Waals surface area contributed by atoms with Crippen molar-refractivity contribution in [2.75, 3.05) is 12.0 Å². The Labute approximate surface area is 96.8 Å². The van der Waals surface area contributed by atoms with Gasteiger partial charge in [0, 0.05) is 12.6 Å². The molecule has 0 bridgehead atoms. The van der Waals surface area contributed by atoms with Crippen LogP contribution in [0.15, 0.2) is 18.2 Å². The maximum Gasteiger partial charge on any atom is 0.140 e. The summed E-state index contributed by atoms with van der Waals surface area (Å²) in [6.07, 6.45) is 3.88. The van der Waals surface area contributed by atoms with E-state index in [-0.39, 0.29) is 0 Å². The third-order valence-corrected chi connectivity index (χ3v) is 2.89. The second kappa shape index (κ2) is 5.27. The van der Waals surface area contributed by atoms with Gasteiger partial charge in [0.05, 0.1) is 5.69 Å². The van der Waals surface area contributed by atoms with Crippen LogP contribution in [0.2, 0.25) is 0 Å². The van der Waals surface area contributed by atoms with Crippen molar-refractivity contribution in [1.82, 2.24) is 9.88 Å². The number of rotatable bonds is 6. The van der Waals surface area contributed by atoms with Crippen LogP contribution in [0, 0.1) is 0 Å². The molecule has 0 atom stereocenters. The van der Waals surface area contributed by atoms with Crippen LogP contribution < -0.4 is 11.3 Å². The summed E-state index contributed by atoms with van der Waals surface area (Å²) >= 11 is 0. The highest BCUT2D eigenvalue weighted by atomic mass is 15.3. The highest BCUT2D eigenvalue weighted by Crippen LogP contribution is 2.28. The van der Waals surface area contributed by atoms with E-state index in [1.807, 2.05) is 12.1 Å². The quantitative estimate of drug-likeness (QED) is 0.566. The molecule has 1 fully saturated rings. The fourth-order valence-electron chi connectivity index (χ4n) is 1.97. The number of nitrogens with two attached hydrogens (primary N) is 1. The van der Waals surface area contributed by atoms with Gasteiger partial charge in [0.2, 0.25) is 0 Å². The molecule has 0 aliphatic heterocycles. The first-order chi connectivity index (χ1) is 7.83. The number of nitrogens with zero attached hydrogens (tertiary/aromatic N) is 2. The SMILES string of the molecule is CCCN(Cc1cccc(NN)n1)C1CC1. The van der Waals surface area contributed by atoms with E-state index >= 15 is 0 Å². The Morgan fingerprint density at radius 1 is 1.50 bits per heavy atom. The van der Waals surface area contributed by atoms with Crippen molar-refractivity contribution in [3.8, 4) is 0 Å². The Hall–Kier alpha value is -1.13. The molecule has 1 aliphatic rings. The van der Waals surface area contributed by atoms with Crippen LogP contribution in [0.4, 0.5) is 5.82 Å². The minimum Gasteiger partial charge on any atom is -0.308 e. The second-order valence-corrected chi connectivity index (χ2v) is 4.36. The Bertz CT molecular complexity index is 336. The summed E-state index contributed by atoms with van der Waals surface area (Å²) in [5, 5.41) is 0. The molecule has 4 nitrogen and oxygen atoms in total. The normalized spacial score (nSPS) is 15.4. The van der Waals surface area contributed by atoms with Gasteiger partial charge in [0.15, 0.2) is 0 Å². The highest BCUT2D eigenvalue weighted by Gasteiger charge is 2.28. The Morgan fingerprint density at radius 3 is 2.94 bits per heavy atom. The maximum atomic E-state index is 5.35. The van der Waals surface area contributed by atoms with Crippen molar-refractivity contribution in [2.45, 2.75) is 38.8 Å². The zero-order chi connectivity index (χ0) is 11.4. The minimum atomic E-state index is 0.741. The molecular weight excluding hydrogens is 200 g/mol. The molecule has 0 radical (unpaired) electrons. The number of hydrogen-bond acceptors (Lipinski definition) is 4. The molecule has 0 saturated heterocycles. The number of pyridine rings is 1. The average molecular weight is 220 g/mol. The molecule has 1 aromatic heterocycles. The van der Waals surface area contributed by atoms with E-state index in [0.29, 0.717) is 0 Å². The first-order valence-electron chi connectivity index (χ1n) is 6.00. The first-order valence-corrected chi connectivity index (χ1v) is 6.00. The number of hydrazine groups is 1. The first kappa shape index (κ1) is 11.4. The molecule has 16 heavy (non-hydrogen) atoms. The van der Waals surface area contributed by atoms with E-state index in [9.17, 15) is 0 Å². The molecule has 1 saturated carbocycles. The lowest BCUT2D eigenvalue weighted by Gasteiger charge is -2.20. The fourth-order valence-corrected chi connectivity index (χ4v) is 1.97. The number of aromatic nitrogens is 1. The number of hydrogen-bond donors (Lipinski definition) is 2. The van der Waals surface area contributed by atoms with Gasteiger partial charge in [-0.2, -0.15) is 0 Å². The molecule has 88 valence electrons. The summed E-state index contributed by atoms with van der Waals surface area (Å²) in [4.78, 5) is 6.96. The fraction of sp³-hybridized carbons (Fsp3) is 0.583. The van der Waals surface area contributed by atoms with Gasteiger partial charge in [-0.05, 0) is 37.9 Å². The van der Waals surface area contributed by atoms with Gasteiger partial charge in [-0.25, -0.2) is 10.8 Å². The van der Waals surface area contributed by atoms with E-state index in [2.05, 4.69) is 28.3 Å². The Balaban J connectivity index is 1.99. The molecule has 0 amide bonds. The standard InChI is InChI=1S/C12H20N4/c1-2-8-16(11-6-7-11)9-10-4-3-5-12(14-10)15-13/h3-5,11H,2,6-9,13H2,1H3,(H,14,15). The van der Waals surface area contributed by atoms with Gasteiger partial charge in [0.1, 0.15) is 5.82 Å². The predicted octanol–water partition coefficient (Wildman–Crippen LogP) is 1.74. The number of nitrogens with one attached hydrogen (secondary N) is 1. The highest BCUT2D eigenvalue weighted by molar-refractivity contribution is 5.33. The van der Waals surface area contributed by atoms with Crippen LogP contribution in [0.3, 0.4) is 0 Å². The summed E-state index contributed by atoms with van der Waals surface area (Å²) in [7, 11) is 0. The average Bonchev–Trinajstić information content (AvgIpc) is 3.13. The molecule has 1 heterocycles. The van der Waals surface area contributed by atoms with E-state index in [1.54, 1.807) is 0 Å². The van der Waals surface area contributed by atoms with Crippen LogP contribution in [0.1, 0.15) is 31.9 Å². The van der Waals surface area contributed by atoms with Crippen LogP contribution in [-0.4, -0.2) is 22.5 Å². The maximum absolute atomic E-state index is 5.35. The second-order valence-electron chi connectivity index (χ2n) is 4.36. The van der Waals surface area contributed by atoms with E-state index in [1.165, 1.54) is 19.3 Å². The lowest BCUT2D eigenvalue weighted by molar-refractivity contribution is 0.252. The van der Waals surface area contributed by atoms with Crippen molar-refractivity contribution in [1.29, 1.82) is 0 Å². The predicted molar refractivity (Wildman–Crippen MR) is 65.8 cm³/mol. The van der Waals surface area contributed by atoms with Crippen LogP contribution >= 0.6 is 0 Å². The molecule has 0 unspecified atom stereocenters. The lowest BCUT2D eigenvalue weighted by Crippen LogP contribution is -2.27. The molecule has 3 N–H and O–H groups in total. The molecule has 0 aromatic carbocycles. The van der Waals surface area contributed by atoms with Gasteiger partial charge in [-0.15, -0.1) is 0 Å². The van der Waals surface area contributed by atoms with Gasteiger partial charge in [-0.1, -0.05) is 13.0 Å². The summed E-state index contributed by atoms with van der Waals surface area (Å²) in [5.74, 6) is 6.09. The summed E-state index contributed by atoms with van der Waals surface area (Å²) in [5.41, 5.74) is 3.68. The van der Waals surface area contributed by atoms with Crippen molar-refractivity contribution >= 4 is 5.82 Å². The molecule has 1 aromatic rings. The van der Waals surface area contributed by atoms with Crippen molar-refractivity contribution < 1.29 is 0 Å². The molecular formula is C12H20N4. The van der Waals surface area contributed by atoms with Gasteiger partial charge >= 0.3 is 0 Å². The van der Waals surface area contributed by atoms with E-state index in [0.717, 1.165) is 30.6 Å². The molecule has 0 spiro atoms. The summed E-state index contributed by atoms with van der Waals surface area (Å²) < 4.78 is 0. The monoisotopic (exact) mass is 220 g/mol. The summed E-state index contributed by atoms with van der Waals surface area (Å²) in [6, 6.07) is 6.72. The van der Waals surface area contributed by atoms with Gasteiger partial charge < -0.3 is 5.43 Å². The smallest absolute Gasteiger partial charge is 0.140 e. The van der Waals surface area contributed by atoms with E-state index in [4.69, 9.17) is 5.84 Å². The number of anilines is 1. The zero-order valence-electron chi connectivity index (χ0n) is 9.82. The van der Waals surface area contributed by atoms with Crippen molar-refractivity contribution in [3.05, 3.63) is 23.9 Å². The van der Waals surface area contributed by atoms with Crippen molar-refractivity contribution in [2.24, 2.45) is 5.84 Å². The third kappa shape index (κ3) is 2.93. The van der Waals surface area contributed by atoms with Gasteiger partial charge in [-0.3, -0.25) is 4.90 Å². The zero-order valence-corrected chi connectivity index (χ0v) is 9.82. The number of nitrogen functional groups attached to an aromatic ring is 1. The molecule has 1 aliphatic carbocycles. The minimum absolute atomic E-state index is 0.741. The van der Waals surface area contributed by atoms with Crippen LogP contribution in [-0.2, 0) is 6.54 Å². The lowest BCUT2D eigenvalue weighted by atomic mass is 10.3. The van der Waals surface area contributed by atoms with Crippen molar-refractivity contribution in [3.63, 3.8) is 0 Å². The van der Waals surface area contributed by atoms with E-state index < -0.39 is 0 Å².